The summed E-state index contributed by atoms with van der Waals surface area (Å²) in [4.78, 5) is 1.37. The lowest BCUT2D eigenvalue weighted by Gasteiger charge is -2.15. The molecule has 0 saturated carbocycles. The van der Waals surface area contributed by atoms with Gasteiger partial charge in [0, 0.05) is 10.9 Å². The van der Waals surface area contributed by atoms with Crippen molar-refractivity contribution < 1.29 is 4.74 Å². The van der Waals surface area contributed by atoms with Gasteiger partial charge >= 0.3 is 0 Å². The molecule has 0 aliphatic carbocycles. The molecular formula is C16H21NOS. The predicted octanol–water partition coefficient (Wildman–Crippen LogP) is 3.96. The molecule has 1 heterocycles. The Hall–Kier alpha value is -1.32. The van der Waals surface area contributed by atoms with Crippen molar-refractivity contribution in [2.45, 2.75) is 25.8 Å². The number of ether oxygens (including phenoxy) is 1. The fourth-order valence-electron chi connectivity index (χ4n) is 2.23. The summed E-state index contributed by atoms with van der Waals surface area (Å²) in [5.41, 5.74) is 2.76. The van der Waals surface area contributed by atoms with Crippen molar-refractivity contribution in [1.29, 1.82) is 0 Å². The van der Waals surface area contributed by atoms with Gasteiger partial charge in [-0.2, -0.15) is 0 Å². The van der Waals surface area contributed by atoms with Gasteiger partial charge in [-0.15, -0.1) is 11.3 Å². The fourth-order valence-corrected chi connectivity index (χ4v) is 2.99. The van der Waals surface area contributed by atoms with Crippen LogP contribution in [0.5, 0.6) is 5.75 Å². The van der Waals surface area contributed by atoms with Gasteiger partial charge in [0.25, 0.3) is 0 Å². The minimum absolute atomic E-state index is 0.437. The molecule has 0 saturated heterocycles. The maximum Gasteiger partial charge on any atom is 0.118 e. The smallest absolute Gasteiger partial charge is 0.118 e. The molecule has 0 amide bonds. The Kier molecular flexibility index (Phi) is 5.00. The number of rotatable bonds is 6. The quantitative estimate of drug-likeness (QED) is 0.861. The summed E-state index contributed by atoms with van der Waals surface area (Å²) < 4.78 is 5.18. The molecule has 0 spiro atoms. The highest BCUT2D eigenvalue weighted by atomic mass is 32.1. The number of hydrogen-bond donors (Lipinski definition) is 1. The van der Waals surface area contributed by atoms with Crippen molar-refractivity contribution in [1.82, 2.24) is 5.32 Å². The second-order valence-electron chi connectivity index (χ2n) is 4.72. The van der Waals surface area contributed by atoms with Crippen LogP contribution < -0.4 is 10.1 Å². The molecule has 19 heavy (non-hydrogen) atoms. The number of aryl methyl sites for hydroxylation is 2. The van der Waals surface area contributed by atoms with Crippen LogP contribution in [-0.4, -0.2) is 14.2 Å². The molecule has 102 valence electrons. The average molecular weight is 275 g/mol. The van der Waals surface area contributed by atoms with E-state index in [1.54, 1.807) is 7.11 Å². The first-order valence-corrected chi connectivity index (χ1v) is 7.46. The monoisotopic (exact) mass is 275 g/mol. The third-order valence-electron chi connectivity index (χ3n) is 3.38. The highest BCUT2D eigenvalue weighted by molar-refractivity contribution is 7.10. The van der Waals surface area contributed by atoms with E-state index in [2.05, 4.69) is 35.8 Å². The molecule has 0 fully saturated rings. The number of methoxy groups -OCH3 is 1. The largest absolute Gasteiger partial charge is 0.497 e. The molecule has 1 aromatic heterocycles. The third kappa shape index (κ3) is 3.82. The Morgan fingerprint density at radius 2 is 2.00 bits per heavy atom. The van der Waals surface area contributed by atoms with Crippen molar-refractivity contribution >= 4 is 11.3 Å². The van der Waals surface area contributed by atoms with Crippen LogP contribution in [0, 0.1) is 6.92 Å². The van der Waals surface area contributed by atoms with Crippen molar-refractivity contribution in [3.05, 3.63) is 51.7 Å². The van der Waals surface area contributed by atoms with Gasteiger partial charge in [-0.3, -0.25) is 0 Å². The van der Waals surface area contributed by atoms with E-state index >= 15 is 0 Å². The van der Waals surface area contributed by atoms with Crippen molar-refractivity contribution in [3.8, 4) is 5.75 Å². The molecule has 2 rings (SSSR count). The van der Waals surface area contributed by atoms with Gasteiger partial charge in [0.2, 0.25) is 0 Å². The van der Waals surface area contributed by atoms with E-state index in [0.717, 1.165) is 18.6 Å². The summed E-state index contributed by atoms with van der Waals surface area (Å²) in [7, 11) is 3.73. The molecule has 1 aromatic carbocycles. The molecule has 2 aromatic rings. The molecule has 0 aliphatic heterocycles. The normalized spacial score (nSPS) is 12.4. The number of thiophene rings is 1. The standard InChI is InChI=1S/C16H21NOS/c1-12-10-14(11-19-12)16(17-2)9-6-13-4-7-15(18-3)8-5-13/h4-5,7-8,10-11,16-17H,6,9H2,1-3H3. The molecule has 1 N–H and O–H groups in total. The van der Waals surface area contributed by atoms with Gasteiger partial charge in [0.1, 0.15) is 5.75 Å². The van der Waals surface area contributed by atoms with E-state index in [4.69, 9.17) is 4.74 Å². The Morgan fingerprint density at radius 1 is 1.26 bits per heavy atom. The number of nitrogens with one attached hydrogen (secondary N) is 1. The zero-order valence-electron chi connectivity index (χ0n) is 11.8. The molecule has 2 nitrogen and oxygen atoms in total. The van der Waals surface area contributed by atoms with Crippen molar-refractivity contribution in [3.63, 3.8) is 0 Å². The molecule has 1 unspecified atom stereocenters. The Morgan fingerprint density at radius 3 is 2.53 bits per heavy atom. The van der Waals surface area contributed by atoms with Gasteiger partial charge in [-0.05, 0) is 61.5 Å². The van der Waals surface area contributed by atoms with Crippen LogP contribution in [0.2, 0.25) is 0 Å². The van der Waals surface area contributed by atoms with E-state index in [1.807, 2.05) is 30.5 Å². The second-order valence-corrected chi connectivity index (χ2v) is 5.83. The average Bonchev–Trinajstić information content (AvgIpc) is 2.87. The lowest BCUT2D eigenvalue weighted by molar-refractivity contribution is 0.414. The van der Waals surface area contributed by atoms with Crippen LogP contribution in [-0.2, 0) is 6.42 Å². The molecule has 0 radical (unpaired) electrons. The van der Waals surface area contributed by atoms with Crippen LogP contribution in [0.1, 0.15) is 28.5 Å². The second kappa shape index (κ2) is 6.73. The SMILES string of the molecule is CNC(CCc1ccc(OC)cc1)c1csc(C)c1. The summed E-state index contributed by atoms with van der Waals surface area (Å²) in [6.07, 6.45) is 2.18. The summed E-state index contributed by atoms with van der Waals surface area (Å²) in [6, 6.07) is 11.1. The molecule has 0 aliphatic rings. The Labute approximate surface area is 119 Å². The molecule has 1 atom stereocenters. The lowest BCUT2D eigenvalue weighted by Crippen LogP contribution is -2.16. The van der Waals surface area contributed by atoms with E-state index < -0.39 is 0 Å². The van der Waals surface area contributed by atoms with Crippen LogP contribution in [0.3, 0.4) is 0 Å². The van der Waals surface area contributed by atoms with E-state index in [1.165, 1.54) is 16.0 Å². The van der Waals surface area contributed by atoms with Gasteiger partial charge in [-0.1, -0.05) is 12.1 Å². The topological polar surface area (TPSA) is 21.3 Å². The zero-order valence-corrected chi connectivity index (χ0v) is 12.6. The van der Waals surface area contributed by atoms with Gasteiger partial charge in [0.05, 0.1) is 7.11 Å². The summed E-state index contributed by atoms with van der Waals surface area (Å²) in [5, 5.41) is 5.66. The van der Waals surface area contributed by atoms with Crippen LogP contribution in [0.4, 0.5) is 0 Å². The van der Waals surface area contributed by atoms with Crippen LogP contribution >= 0.6 is 11.3 Å². The first-order valence-electron chi connectivity index (χ1n) is 6.58. The summed E-state index contributed by atoms with van der Waals surface area (Å²) in [6.45, 7) is 2.16. The molecule has 3 heteroatoms. The first kappa shape index (κ1) is 14.1. The minimum atomic E-state index is 0.437. The third-order valence-corrected chi connectivity index (χ3v) is 4.26. The van der Waals surface area contributed by atoms with Gasteiger partial charge in [-0.25, -0.2) is 0 Å². The van der Waals surface area contributed by atoms with Gasteiger partial charge < -0.3 is 10.1 Å². The lowest BCUT2D eigenvalue weighted by atomic mass is 10.0. The first-order chi connectivity index (χ1) is 9.22. The van der Waals surface area contributed by atoms with E-state index in [9.17, 15) is 0 Å². The highest BCUT2D eigenvalue weighted by Crippen LogP contribution is 2.24. The summed E-state index contributed by atoms with van der Waals surface area (Å²) >= 11 is 1.82. The van der Waals surface area contributed by atoms with E-state index in [0.29, 0.717) is 6.04 Å². The zero-order chi connectivity index (χ0) is 13.7. The maximum atomic E-state index is 5.18. The van der Waals surface area contributed by atoms with Crippen LogP contribution in [0.25, 0.3) is 0 Å². The molecule has 0 bridgehead atoms. The Balaban J connectivity index is 1.95. The van der Waals surface area contributed by atoms with E-state index in [-0.39, 0.29) is 0 Å². The predicted molar refractivity (Wildman–Crippen MR) is 82.2 cm³/mol. The van der Waals surface area contributed by atoms with Gasteiger partial charge in [0.15, 0.2) is 0 Å². The van der Waals surface area contributed by atoms with Crippen molar-refractivity contribution in [2.75, 3.05) is 14.2 Å². The Bertz CT molecular complexity index is 504. The summed E-state index contributed by atoms with van der Waals surface area (Å²) in [5.74, 6) is 0.919. The molecular weight excluding hydrogens is 254 g/mol. The fraction of sp³-hybridized carbons (Fsp3) is 0.375. The minimum Gasteiger partial charge on any atom is -0.497 e. The maximum absolute atomic E-state index is 5.18. The highest BCUT2D eigenvalue weighted by Gasteiger charge is 2.10. The number of benzene rings is 1. The van der Waals surface area contributed by atoms with Crippen molar-refractivity contribution in [2.24, 2.45) is 0 Å². The number of hydrogen-bond acceptors (Lipinski definition) is 3. The van der Waals surface area contributed by atoms with Crippen LogP contribution in [0.15, 0.2) is 35.7 Å².